The Bertz CT molecular complexity index is 5290. The monoisotopic (exact) mass is 1470 g/mol. The van der Waals surface area contributed by atoms with E-state index in [9.17, 15) is 13.2 Å². The van der Waals surface area contributed by atoms with Crippen LogP contribution in [0, 0.1) is 110 Å². The molecule has 1 aliphatic carbocycles. The molecule has 0 bridgehead atoms. The average Bonchev–Trinajstić information content (AvgIpc) is 1.64. The van der Waals surface area contributed by atoms with E-state index in [0.717, 1.165) is 74.4 Å². The van der Waals surface area contributed by atoms with Gasteiger partial charge in [-0.2, -0.15) is 13.2 Å². The van der Waals surface area contributed by atoms with Crippen molar-refractivity contribution in [2.24, 2.45) is 0 Å². The number of alkyl halides is 3. The molecule has 0 unspecified atom stereocenters. The van der Waals surface area contributed by atoms with E-state index in [0.29, 0.717) is 12.5 Å². The third-order valence-electron chi connectivity index (χ3n) is 15.4. The zero-order chi connectivity index (χ0) is 74.8. The average molecular weight is 1470 g/mol. The van der Waals surface area contributed by atoms with Crippen molar-refractivity contribution >= 4 is 54.8 Å². The van der Waals surface area contributed by atoms with Crippen molar-refractivity contribution in [3.63, 3.8) is 0 Å². The first kappa shape index (κ1) is 78.6. The molecule has 0 fully saturated rings. The van der Waals surface area contributed by atoms with Gasteiger partial charge in [-0.25, -0.2) is 0 Å². The molecule has 0 atom stereocenters. The summed E-state index contributed by atoms with van der Waals surface area (Å²) >= 11 is 5.11. The number of nitrogens with two attached hydrogens (primary N) is 1. The summed E-state index contributed by atoms with van der Waals surface area (Å²) in [6.07, 6.45) is -2.02. The number of nitrogen functional groups attached to an aromatic ring is 1. The zero-order valence-electron chi connectivity index (χ0n) is 60.2. The van der Waals surface area contributed by atoms with Crippen LogP contribution in [0.5, 0.6) is 11.5 Å². The number of hydrogen-bond donors (Lipinski definition) is 1. The minimum atomic E-state index is -4.33. The molecule has 14 aromatic rings. The normalized spacial score (nSPS) is 10.3. The third kappa shape index (κ3) is 27.7. The van der Waals surface area contributed by atoms with Crippen molar-refractivity contribution in [3.05, 3.63) is 384 Å². The number of pyridine rings is 2. The van der Waals surface area contributed by atoms with Gasteiger partial charge in [-0.1, -0.05) is 228 Å². The smallest absolute Gasteiger partial charge is 0.433 e. The third-order valence-corrected chi connectivity index (χ3v) is 16.9. The number of aromatic nitrogens is 2. The van der Waals surface area contributed by atoms with Crippen molar-refractivity contribution in [2.45, 2.75) is 74.9 Å². The Balaban J connectivity index is 0.000000152. The molecule has 0 saturated heterocycles. The predicted molar refractivity (Wildman–Crippen MR) is 433 cm³/mol. The highest BCUT2D eigenvalue weighted by Crippen LogP contribution is 2.37. The van der Waals surface area contributed by atoms with Crippen molar-refractivity contribution in [1.82, 2.24) is 9.97 Å². The molecule has 2 aliphatic rings. The Morgan fingerprint density at radius 3 is 1.54 bits per heavy atom. The number of nitrogens with zero attached hydrogens (tertiary/aromatic N) is 2. The summed E-state index contributed by atoms with van der Waals surface area (Å²) in [5.41, 5.74) is 25.4. The minimum absolute atomic E-state index is 0.360. The number of rotatable bonds is 0. The number of halogens is 4. The van der Waals surface area contributed by atoms with E-state index in [1.165, 1.54) is 81.8 Å². The molecule has 5 heterocycles. The highest BCUT2D eigenvalue weighted by atomic mass is 79.9. The van der Waals surface area contributed by atoms with Gasteiger partial charge in [-0.05, 0) is 245 Å². The molecule has 16 rings (SSSR count). The number of thiophene rings is 1. The molecule has 2 N–H and O–H groups in total. The van der Waals surface area contributed by atoms with Crippen LogP contribution in [-0.2, 0) is 12.6 Å². The second kappa shape index (κ2) is 41.1. The molecule has 11 heteroatoms. The van der Waals surface area contributed by atoms with Crippen molar-refractivity contribution in [2.75, 3.05) is 12.5 Å². The van der Waals surface area contributed by atoms with Crippen LogP contribution in [0.3, 0.4) is 0 Å². The molecule has 1 aliphatic heterocycles. The van der Waals surface area contributed by atoms with Crippen molar-refractivity contribution < 1.29 is 27.1 Å². The fraction of sp³-hybridized carbons (Fsp3) is 0.128. The highest BCUT2D eigenvalue weighted by molar-refractivity contribution is 9.11. The van der Waals surface area contributed by atoms with Gasteiger partial charge in [0.05, 0.1) is 9.30 Å². The number of benzene rings is 10. The predicted octanol–water partition coefficient (Wildman–Crippen LogP) is 24.2. The summed E-state index contributed by atoms with van der Waals surface area (Å²) in [4.78, 5) is 8.95. The lowest BCUT2D eigenvalue weighted by Crippen LogP contribution is -2.07. The van der Waals surface area contributed by atoms with Crippen LogP contribution in [0.25, 0.3) is 33.0 Å². The minimum Gasteiger partial charge on any atom is -0.461 e. The topological polar surface area (TPSA) is 83.4 Å². The van der Waals surface area contributed by atoms with Crippen LogP contribution in [0.2, 0.25) is 0 Å². The summed E-state index contributed by atoms with van der Waals surface area (Å²) < 4.78 is 52.4. The van der Waals surface area contributed by atoms with E-state index in [2.05, 4.69) is 199 Å². The lowest BCUT2D eigenvalue weighted by molar-refractivity contribution is -0.141. The number of anilines is 1. The van der Waals surface area contributed by atoms with E-state index >= 15 is 0 Å². The van der Waals surface area contributed by atoms with Gasteiger partial charge in [-0.3, -0.25) is 9.97 Å². The molecular formula is C94H81BrF3N3O3S. The molecule has 0 amide bonds. The maximum absolute atomic E-state index is 11.9. The number of aryl methyl sites for hydroxylation is 9. The molecule has 0 saturated carbocycles. The van der Waals surface area contributed by atoms with Gasteiger partial charge in [-0.15, -0.1) is 11.3 Å². The second-order valence-corrected chi connectivity index (χ2v) is 27.0. The molecule has 105 heavy (non-hydrogen) atoms. The molecule has 10 aromatic carbocycles. The molecule has 6 nitrogen and oxygen atoms in total. The fourth-order valence-corrected chi connectivity index (χ4v) is 11.4. The van der Waals surface area contributed by atoms with Crippen LogP contribution in [0.4, 0.5) is 18.9 Å². The van der Waals surface area contributed by atoms with Gasteiger partial charge >= 0.3 is 6.18 Å². The highest BCUT2D eigenvalue weighted by Gasteiger charge is 2.31. The molecular weight excluding hydrogens is 1390 g/mol. The first-order valence-corrected chi connectivity index (χ1v) is 35.4. The van der Waals surface area contributed by atoms with Crippen LogP contribution in [0.15, 0.2) is 300 Å². The fourth-order valence-electron chi connectivity index (χ4n) is 9.95. The van der Waals surface area contributed by atoms with Crippen molar-refractivity contribution in [1.29, 1.82) is 0 Å². The summed E-state index contributed by atoms with van der Waals surface area (Å²) in [7, 11) is 0. The second-order valence-electron chi connectivity index (χ2n) is 24.3. The van der Waals surface area contributed by atoms with Crippen LogP contribution >= 0.6 is 27.3 Å². The van der Waals surface area contributed by atoms with Gasteiger partial charge < -0.3 is 19.6 Å². The molecule has 0 radical (unpaired) electrons. The van der Waals surface area contributed by atoms with E-state index in [1.54, 1.807) is 18.3 Å². The lowest BCUT2D eigenvalue weighted by atomic mass is 10.0. The Labute approximate surface area is 629 Å². The van der Waals surface area contributed by atoms with Gasteiger partial charge in [0.15, 0.2) is 11.5 Å². The van der Waals surface area contributed by atoms with E-state index < -0.39 is 11.9 Å². The molecule has 524 valence electrons. The SMILES string of the molecule is Cc1cc2ccccc2o1.Cc1ccc(Br)s1.Cc1ccc(C#CC#Cc2ccccc2)cc1.Cc1ccc(C#CC#Cc2ccccc2N)cc1.Cc1ccc(C(F)(F)F)nc1.Cc1ccc2c(c1)Cc1ccccc1-2.Cc1ccc2c(c1)OCO2.Cc1ccc2ccccc2n1.Cc1ccccc1. The quantitative estimate of drug-likeness (QED) is 0.120. The first-order valence-electron chi connectivity index (χ1n) is 33.8. The summed E-state index contributed by atoms with van der Waals surface area (Å²) in [6.45, 7) is 18.5. The van der Waals surface area contributed by atoms with E-state index in [4.69, 9.17) is 19.6 Å². The van der Waals surface area contributed by atoms with E-state index in [1.807, 2.05) is 203 Å². The Kier molecular flexibility index (Phi) is 30.8. The number of para-hydroxylation sites is 3. The van der Waals surface area contributed by atoms with Crippen LogP contribution < -0.4 is 15.2 Å². The molecule has 4 aromatic heterocycles. The largest absolute Gasteiger partial charge is 0.461 e. The number of furan rings is 1. The molecule has 0 spiro atoms. The zero-order valence-corrected chi connectivity index (χ0v) is 62.6. The summed E-state index contributed by atoms with van der Waals surface area (Å²) in [6, 6.07) is 93.9. The standard InChI is InChI=1S/C17H13N.C17H12.C14H12.C10H9N.C9H8O.C8H8O2.C7H6F3N.C7H8.C5H5BrS/c1-14-10-12-15(13-11-14)6-2-3-7-16-8-4-5-9-17(16)18;1-15-11-13-17(14-12-15)10-6-5-9-16-7-3-2-4-8-16;1-10-6-7-14-12(8-10)9-11-4-2-3-5-13(11)14;1-8-6-7-9-4-2-3-5-10(9)11-8;1-7-6-8-4-2-3-5-9(8)10-7;1-6-2-3-7-8(4-6)10-5-9-7;1-5-2-3-6(11-4-5)7(8,9)10;1-7-5-3-2-4-6-7;1-4-2-3-5(6)7-4/h4-5,8-13H,18H2,1H3;2-4,7-8,11-14H,1H3;2-8H,9H2,1H3;2-7H,1H3;2-6H,1H3;2-4H,5H2,1H3;2-4H,1H3;2-6H,1H3;2-3H,1H3. The van der Waals surface area contributed by atoms with Crippen molar-refractivity contribution in [3.8, 4) is 70.0 Å². The number of ether oxygens (including phenoxy) is 2. The van der Waals surface area contributed by atoms with Crippen LogP contribution in [-0.4, -0.2) is 16.8 Å². The van der Waals surface area contributed by atoms with Gasteiger partial charge in [0.1, 0.15) is 17.0 Å². The van der Waals surface area contributed by atoms with Gasteiger partial charge in [0, 0.05) is 55.5 Å². The summed E-state index contributed by atoms with van der Waals surface area (Å²) in [5.74, 6) is 26.0. The Morgan fingerprint density at radius 2 is 0.952 bits per heavy atom. The van der Waals surface area contributed by atoms with Crippen LogP contribution in [0.1, 0.15) is 88.8 Å². The van der Waals surface area contributed by atoms with Gasteiger partial charge in [0.2, 0.25) is 6.79 Å². The Morgan fingerprint density at radius 1 is 0.429 bits per heavy atom. The maximum Gasteiger partial charge on any atom is 0.433 e. The van der Waals surface area contributed by atoms with Gasteiger partial charge in [0.25, 0.3) is 0 Å². The lowest BCUT2D eigenvalue weighted by Gasteiger charge is -2.03. The number of fused-ring (bicyclic) bond motifs is 6. The number of hydrogen-bond acceptors (Lipinski definition) is 7. The Hall–Kier alpha value is -12.1. The van der Waals surface area contributed by atoms with E-state index in [-0.39, 0.29) is 0 Å². The first-order chi connectivity index (χ1) is 50.7. The summed E-state index contributed by atoms with van der Waals surface area (Å²) in [5, 5.41) is 2.39. The maximum atomic E-state index is 11.9.